The van der Waals surface area contributed by atoms with Crippen LogP contribution in [0.3, 0.4) is 0 Å². The highest BCUT2D eigenvalue weighted by molar-refractivity contribution is 7.89. The summed E-state index contributed by atoms with van der Waals surface area (Å²) in [6.45, 7) is 4.63. The third-order valence-electron chi connectivity index (χ3n) is 5.34. The number of nitro groups is 1. The third-order valence-corrected chi connectivity index (χ3v) is 7.23. The molecule has 0 unspecified atom stereocenters. The van der Waals surface area contributed by atoms with Gasteiger partial charge >= 0.3 is 0 Å². The molecule has 1 fully saturated rings. The second-order valence-electron chi connectivity index (χ2n) is 7.22. The van der Waals surface area contributed by atoms with Crippen molar-refractivity contribution in [3.63, 3.8) is 0 Å². The van der Waals surface area contributed by atoms with Crippen molar-refractivity contribution in [2.75, 3.05) is 33.0 Å². The number of quaternary nitrogens is 1. The van der Waals surface area contributed by atoms with Crippen molar-refractivity contribution in [2.45, 2.75) is 18.4 Å². The molecule has 0 saturated carbocycles. The normalized spacial score (nSPS) is 17.4. The molecule has 2 aliphatic rings. The van der Waals surface area contributed by atoms with Crippen molar-refractivity contribution in [3.05, 3.63) is 57.6 Å². The summed E-state index contributed by atoms with van der Waals surface area (Å²) in [4.78, 5) is 11.8. The molecule has 2 aromatic rings. The average molecular weight is 420 g/mol. The van der Waals surface area contributed by atoms with Crippen molar-refractivity contribution in [1.29, 1.82) is 0 Å². The Labute approximate surface area is 168 Å². The summed E-state index contributed by atoms with van der Waals surface area (Å²) in [7, 11) is -3.76. The molecule has 0 bridgehead atoms. The lowest BCUT2D eigenvalue weighted by atomic mass is 10.2. The minimum Gasteiger partial charge on any atom is -0.454 e. The van der Waals surface area contributed by atoms with Gasteiger partial charge in [-0.05, 0) is 31.2 Å². The van der Waals surface area contributed by atoms with Crippen LogP contribution in [0.15, 0.2) is 41.3 Å². The molecule has 4 rings (SSSR count). The fraction of sp³-hybridized carbons (Fsp3) is 0.368. The molecule has 0 amide bonds. The van der Waals surface area contributed by atoms with Gasteiger partial charge in [0, 0.05) is 17.2 Å². The summed E-state index contributed by atoms with van der Waals surface area (Å²) in [5.74, 6) is 1.48. The molecular weight excluding hydrogens is 398 g/mol. The summed E-state index contributed by atoms with van der Waals surface area (Å²) in [5.41, 5.74) is 1.36. The van der Waals surface area contributed by atoms with Gasteiger partial charge in [-0.3, -0.25) is 10.1 Å². The number of fused-ring (bicyclic) bond motifs is 1. The highest BCUT2D eigenvalue weighted by Crippen LogP contribution is 2.32. The zero-order chi connectivity index (χ0) is 20.6. The Morgan fingerprint density at radius 2 is 1.83 bits per heavy atom. The van der Waals surface area contributed by atoms with E-state index in [4.69, 9.17) is 9.47 Å². The average Bonchev–Trinajstić information content (AvgIpc) is 3.16. The Kier molecular flexibility index (Phi) is 5.15. The van der Waals surface area contributed by atoms with Crippen LogP contribution in [0.1, 0.15) is 11.1 Å². The van der Waals surface area contributed by atoms with Crippen LogP contribution in [-0.2, 0) is 16.6 Å². The molecule has 2 aliphatic heterocycles. The lowest BCUT2D eigenvalue weighted by Crippen LogP contribution is -3.13. The summed E-state index contributed by atoms with van der Waals surface area (Å²) in [6, 6.07) is 9.91. The first-order valence-corrected chi connectivity index (χ1v) is 10.8. The maximum absolute atomic E-state index is 12.9. The number of nitrogens with one attached hydrogen (secondary N) is 1. The molecule has 29 heavy (non-hydrogen) atoms. The molecule has 2 heterocycles. The lowest BCUT2D eigenvalue weighted by molar-refractivity contribution is -0.917. The third kappa shape index (κ3) is 3.91. The number of hydrogen-bond donors (Lipinski definition) is 1. The van der Waals surface area contributed by atoms with E-state index in [1.54, 1.807) is 6.92 Å². The first-order chi connectivity index (χ1) is 13.8. The Balaban J connectivity index is 1.42. The van der Waals surface area contributed by atoms with Gasteiger partial charge in [-0.2, -0.15) is 4.31 Å². The van der Waals surface area contributed by atoms with Gasteiger partial charge in [-0.25, -0.2) is 8.42 Å². The molecule has 0 radical (unpaired) electrons. The van der Waals surface area contributed by atoms with Crippen LogP contribution in [-0.4, -0.2) is 50.6 Å². The number of nitro benzene ring substituents is 1. The predicted molar refractivity (Wildman–Crippen MR) is 104 cm³/mol. The first-order valence-electron chi connectivity index (χ1n) is 9.32. The summed E-state index contributed by atoms with van der Waals surface area (Å²) < 4.78 is 38.0. The number of benzene rings is 2. The van der Waals surface area contributed by atoms with Crippen molar-refractivity contribution in [3.8, 4) is 11.5 Å². The Hall–Kier alpha value is -2.69. The topological polar surface area (TPSA) is 103 Å². The van der Waals surface area contributed by atoms with E-state index in [2.05, 4.69) is 0 Å². The number of aryl methyl sites for hydroxylation is 1. The minimum absolute atomic E-state index is 0.0333. The number of hydrogen-bond acceptors (Lipinski definition) is 6. The molecule has 10 heteroatoms. The Morgan fingerprint density at radius 1 is 1.10 bits per heavy atom. The van der Waals surface area contributed by atoms with E-state index < -0.39 is 14.9 Å². The smallest absolute Gasteiger partial charge is 0.273 e. The van der Waals surface area contributed by atoms with Crippen LogP contribution < -0.4 is 14.4 Å². The summed E-state index contributed by atoms with van der Waals surface area (Å²) in [5, 5.41) is 11.1. The lowest BCUT2D eigenvalue weighted by Gasteiger charge is -2.31. The summed E-state index contributed by atoms with van der Waals surface area (Å²) >= 11 is 0. The Morgan fingerprint density at radius 3 is 2.55 bits per heavy atom. The van der Waals surface area contributed by atoms with Crippen LogP contribution in [0, 0.1) is 17.0 Å². The van der Waals surface area contributed by atoms with Crippen LogP contribution in [0.25, 0.3) is 0 Å². The second-order valence-corrected chi connectivity index (χ2v) is 9.16. The van der Waals surface area contributed by atoms with E-state index in [1.165, 1.54) is 21.3 Å². The predicted octanol–water partition coefficient (Wildman–Crippen LogP) is 0.721. The van der Waals surface area contributed by atoms with Crippen LogP contribution >= 0.6 is 0 Å². The number of sulfonamides is 1. The van der Waals surface area contributed by atoms with E-state index in [1.807, 2.05) is 18.2 Å². The van der Waals surface area contributed by atoms with Crippen LogP contribution in [0.5, 0.6) is 11.5 Å². The SMILES string of the molecule is Cc1ccc(S(=O)(=O)N2CC[NH+](Cc3ccc4c(c3)OCO4)CC2)cc1[N+](=O)[O-]. The van der Waals surface area contributed by atoms with Gasteiger partial charge in [0.2, 0.25) is 16.8 Å². The highest BCUT2D eigenvalue weighted by atomic mass is 32.2. The van der Waals surface area contributed by atoms with Crippen molar-refractivity contribution >= 4 is 15.7 Å². The maximum Gasteiger partial charge on any atom is 0.273 e. The van der Waals surface area contributed by atoms with Crippen LogP contribution in [0.4, 0.5) is 5.69 Å². The number of nitrogens with zero attached hydrogens (tertiary/aromatic N) is 2. The van der Waals surface area contributed by atoms with Gasteiger partial charge in [0.15, 0.2) is 11.5 Å². The molecule has 0 spiro atoms. The van der Waals surface area contributed by atoms with E-state index in [-0.39, 0.29) is 17.4 Å². The molecule has 2 aromatic carbocycles. The summed E-state index contributed by atoms with van der Waals surface area (Å²) in [6.07, 6.45) is 0. The van der Waals surface area contributed by atoms with Gasteiger partial charge in [0.1, 0.15) is 6.54 Å². The van der Waals surface area contributed by atoms with Gasteiger partial charge in [-0.1, -0.05) is 6.07 Å². The van der Waals surface area contributed by atoms with E-state index >= 15 is 0 Å². The molecule has 0 aromatic heterocycles. The molecule has 0 atom stereocenters. The number of ether oxygens (including phenoxy) is 2. The molecule has 1 N–H and O–H groups in total. The number of piperazine rings is 1. The van der Waals surface area contributed by atoms with E-state index in [0.717, 1.165) is 29.7 Å². The standard InChI is InChI=1S/C19H21N3O6S/c1-14-2-4-16(11-17(14)22(23)24)29(25,26)21-8-6-20(7-9-21)12-15-3-5-18-19(10-15)28-13-27-18/h2-5,10-11H,6-9,12-13H2,1H3/p+1. The highest BCUT2D eigenvalue weighted by Gasteiger charge is 2.32. The molecule has 1 saturated heterocycles. The van der Waals surface area contributed by atoms with E-state index in [9.17, 15) is 18.5 Å². The van der Waals surface area contributed by atoms with Crippen LogP contribution in [0.2, 0.25) is 0 Å². The van der Waals surface area contributed by atoms with Gasteiger partial charge in [-0.15, -0.1) is 0 Å². The second kappa shape index (κ2) is 7.62. The number of rotatable bonds is 5. The minimum atomic E-state index is -3.76. The zero-order valence-corrected chi connectivity index (χ0v) is 16.8. The molecule has 0 aliphatic carbocycles. The first kappa shape index (κ1) is 19.6. The van der Waals surface area contributed by atoms with Crippen molar-refractivity contribution in [2.24, 2.45) is 0 Å². The monoisotopic (exact) mass is 420 g/mol. The van der Waals surface area contributed by atoms with Gasteiger partial charge < -0.3 is 14.4 Å². The van der Waals surface area contributed by atoms with E-state index in [0.29, 0.717) is 31.7 Å². The van der Waals surface area contributed by atoms with Crippen molar-refractivity contribution < 1.29 is 27.7 Å². The van der Waals surface area contributed by atoms with Gasteiger partial charge in [0.25, 0.3) is 5.69 Å². The van der Waals surface area contributed by atoms with Gasteiger partial charge in [0.05, 0.1) is 36.0 Å². The molecule has 154 valence electrons. The maximum atomic E-state index is 12.9. The Bertz CT molecular complexity index is 1050. The van der Waals surface area contributed by atoms with Crippen molar-refractivity contribution in [1.82, 2.24) is 4.31 Å². The molecule has 9 nitrogen and oxygen atoms in total. The fourth-order valence-corrected chi connectivity index (χ4v) is 5.12. The fourth-order valence-electron chi connectivity index (χ4n) is 3.65. The molecular formula is C19H22N3O6S+. The zero-order valence-electron chi connectivity index (χ0n) is 16.0. The quantitative estimate of drug-likeness (QED) is 0.565. The largest absolute Gasteiger partial charge is 0.454 e.